The van der Waals surface area contributed by atoms with E-state index in [-0.39, 0.29) is 18.9 Å². The SMILES string of the molecule is CCCC/C=C\CCCCC(O)CC(=O)NC(CO)C(O)/C=C/CCCCCCCCCCCCCC. The number of hydrogen-bond donors (Lipinski definition) is 4. The van der Waals surface area contributed by atoms with Crippen LogP contribution in [0.5, 0.6) is 0 Å². The lowest BCUT2D eigenvalue weighted by Gasteiger charge is -2.21. The fourth-order valence-electron chi connectivity index (χ4n) is 4.49. The van der Waals surface area contributed by atoms with Gasteiger partial charge in [0.1, 0.15) is 0 Å². The fraction of sp³-hybridized carbons (Fsp3) is 0.844. The van der Waals surface area contributed by atoms with E-state index < -0.39 is 18.2 Å². The molecule has 3 unspecified atom stereocenters. The minimum absolute atomic E-state index is 0.00185. The zero-order valence-electron chi connectivity index (χ0n) is 24.3. The van der Waals surface area contributed by atoms with Gasteiger partial charge in [0.15, 0.2) is 0 Å². The molecule has 4 N–H and O–H groups in total. The zero-order chi connectivity index (χ0) is 27.4. The number of nitrogens with one attached hydrogen (secondary N) is 1. The first kappa shape index (κ1) is 35.8. The topological polar surface area (TPSA) is 89.8 Å². The highest BCUT2D eigenvalue weighted by molar-refractivity contribution is 5.76. The van der Waals surface area contributed by atoms with Gasteiger partial charge in [-0.25, -0.2) is 0 Å². The second-order valence-electron chi connectivity index (χ2n) is 10.7. The van der Waals surface area contributed by atoms with Gasteiger partial charge >= 0.3 is 0 Å². The summed E-state index contributed by atoms with van der Waals surface area (Å²) in [6.07, 6.45) is 30.2. The third kappa shape index (κ3) is 24.9. The van der Waals surface area contributed by atoms with Crippen molar-refractivity contribution in [2.75, 3.05) is 6.61 Å². The van der Waals surface area contributed by atoms with Gasteiger partial charge in [0, 0.05) is 0 Å². The predicted molar refractivity (Wildman–Crippen MR) is 158 cm³/mol. The second kappa shape index (κ2) is 27.9. The molecule has 1 amide bonds. The largest absolute Gasteiger partial charge is 0.394 e. The maximum absolute atomic E-state index is 12.2. The average Bonchev–Trinajstić information content (AvgIpc) is 2.88. The van der Waals surface area contributed by atoms with Gasteiger partial charge in [-0.3, -0.25) is 4.79 Å². The van der Waals surface area contributed by atoms with Crippen molar-refractivity contribution in [3.63, 3.8) is 0 Å². The molecule has 0 radical (unpaired) electrons. The number of rotatable bonds is 27. The Labute approximate surface area is 229 Å². The Balaban J connectivity index is 3.82. The van der Waals surface area contributed by atoms with E-state index >= 15 is 0 Å². The molecule has 0 aliphatic heterocycles. The molecule has 37 heavy (non-hydrogen) atoms. The van der Waals surface area contributed by atoms with Crippen molar-refractivity contribution in [1.82, 2.24) is 5.32 Å². The maximum atomic E-state index is 12.2. The van der Waals surface area contributed by atoms with Gasteiger partial charge < -0.3 is 20.6 Å². The lowest BCUT2D eigenvalue weighted by atomic mass is 10.0. The number of carbonyl (C=O) groups excluding carboxylic acids is 1. The summed E-state index contributed by atoms with van der Waals surface area (Å²) in [5.41, 5.74) is 0. The molecule has 0 aliphatic carbocycles. The Hall–Kier alpha value is -1.17. The van der Waals surface area contributed by atoms with E-state index in [0.29, 0.717) is 6.42 Å². The summed E-state index contributed by atoms with van der Waals surface area (Å²) in [6.45, 7) is 4.11. The first-order chi connectivity index (χ1) is 18.0. The first-order valence-corrected chi connectivity index (χ1v) is 15.6. The maximum Gasteiger partial charge on any atom is 0.222 e. The number of unbranched alkanes of at least 4 members (excludes halogenated alkanes) is 16. The third-order valence-corrected chi connectivity index (χ3v) is 6.98. The van der Waals surface area contributed by atoms with Crippen molar-refractivity contribution >= 4 is 5.91 Å². The fourth-order valence-corrected chi connectivity index (χ4v) is 4.49. The summed E-state index contributed by atoms with van der Waals surface area (Å²) in [5, 5.41) is 32.7. The number of carbonyl (C=O) groups is 1. The summed E-state index contributed by atoms with van der Waals surface area (Å²) in [4.78, 5) is 12.2. The Morgan fingerprint density at radius 1 is 0.676 bits per heavy atom. The number of aliphatic hydroxyl groups excluding tert-OH is 3. The summed E-state index contributed by atoms with van der Waals surface area (Å²) in [7, 11) is 0. The Bertz CT molecular complexity index is 549. The Morgan fingerprint density at radius 2 is 1.16 bits per heavy atom. The highest BCUT2D eigenvalue weighted by Gasteiger charge is 2.19. The summed E-state index contributed by atoms with van der Waals surface area (Å²) >= 11 is 0. The van der Waals surface area contributed by atoms with E-state index in [1.807, 2.05) is 6.08 Å². The molecule has 0 spiro atoms. The molecule has 0 aliphatic rings. The molecule has 0 rings (SSSR count). The van der Waals surface area contributed by atoms with Crippen LogP contribution in [0.25, 0.3) is 0 Å². The van der Waals surface area contributed by atoms with Crippen LogP contribution in [0, 0.1) is 0 Å². The minimum Gasteiger partial charge on any atom is -0.394 e. The van der Waals surface area contributed by atoms with Gasteiger partial charge in [0.25, 0.3) is 0 Å². The molecule has 0 aromatic rings. The van der Waals surface area contributed by atoms with E-state index in [9.17, 15) is 20.1 Å². The quantitative estimate of drug-likeness (QED) is 0.0661. The number of hydrogen-bond acceptors (Lipinski definition) is 4. The number of aliphatic hydroxyl groups is 3. The van der Waals surface area contributed by atoms with E-state index in [0.717, 1.165) is 38.5 Å². The molecule has 0 aromatic heterocycles. The normalized spacial score (nSPS) is 14.4. The van der Waals surface area contributed by atoms with Crippen molar-refractivity contribution in [2.24, 2.45) is 0 Å². The number of allylic oxidation sites excluding steroid dienone is 3. The van der Waals surface area contributed by atoms with Crippen LogP contribution in [0.2, 0.25) is 0 Å². The van der Waals surface area contributed by atoms with Gasteiger partial charge in [-0.2, -0.15) is 0 Å². The highest BCUT2D eigenvalue weighted by Crippen LogP contribution is 2.13. The Kier molecular flexibility index (Phi) is 27.0. The van der Waals surface area contributed by atoms with Gasteiger partial charge in [-0.15, -0.1) is 0 Å². The van der Waals surface area contributed by atoms with Crippen LogP contribution >= 0.6 is 0 Å². The molecular weight excluding hydrogens is 462 g/mol. The summed E-state index contributed by atoms with van der Waals surface area (Å²) < 4.78 is 0. The molecule has 5 nitrogen and oxygen atoms in total. The van der Waals surface area contributed by atoms with Crippen molar-refractivity contribution in [3.8, 4) is 0 Å². The van der Waals surface area contributed by atoms with Crippen LogP contribution in [0.1, 0.15) is 149 Å². The molecule has 5 heteroatoms. The first-order valence-electron chi connectivity index (χ1n) is 15.6. The molecule has 3 atom stereocenters. The Morgan fingerprint density at radius 3 is 1.73 bits per heavy atom. The smallest absolute Gasteiger partial charge is 0.222 e. The monoisotopic (exact) mass is 523 g/mol. The van der Waals surface area contributed by atoms with Crippen LogP contribution in [0.4, 0.5) is 0 Å². The molecule has 0 heterocycles. The molecule has 0 fully saturated rings. The van der Waals surface area contributed by atoms with Crippen LogP contribution in [0.15, 0.2) is 24.3 Å². The highest BCUT2D eigenvalue weighted by atomic mass is 16.3. The van der Waals surface area contributed by atoms with Gasteiger partial charge in [-0.05, 0) is 38.5 Å². The molecule has 0 saturated carbocycles. The number of amides is 1. The minimum atomic E-state index is -0.928. The van der Waals surface area contributed by atoms with Crippen molar-refractivity contribution in [1.29, 1.82) is 0 Å². The molecular formula is C32H61NO4. The molecule has 0 aromatic carbocycles. The summed E-state index contributed by atoms with van der Waals surface area (Å²) in [5.74, 6) is -0.334. The van der Waals surface area contributed by atoms with E-state index in [4.69, 9.17) is 0 Å². The van der Waals surface area contributed by atoms with Crippen LogP contribution in [-0.4, -0.2) is 46.1 Å². The lowest BCUT2D eigenvalue weighted by molar-refractivity contribution is -0.124. The van der Waals surface area contributed by atoms with Crippen LogP contribution in [0.3, 0.4) is 0 Å². The standard InChI is InChI=1S/C32H61NO4/c1-3-5-7-9-11-13-14-15-16-17-18-20-22-24-26-31(36)30(28-34)33-32(37)27-29(35)25-23-21-19-12-10-8-6-4-2/h10,12,24,26,29-31,34-36H,3-9,11,13-23,25,27-28H2,1-2H3,(H,33,37)/b12-10-,26-24+. The van der Waals surface area contributed by atoms with Gasteiger partial charge in [-0.1, -0.05) is 128 Å². The average molecular weight is 524 g/mol. The second-order valence-corrected chi connectivity index (χ2v) is 10.7. The van der Waals surface area contributed by atoms with Crippen molar-refractivity contribution in [3.05, 3.63) is 24.3 Å². The molecule has 218 valence electrons. The van der Waals surface area contributed by atoms with Crippen molar-refractivity contribution in [2.45, 2.75) is 167 Å². The van der Waals surface area contributed by atoms with E-state index in [2.05, 4.69) is 31.3 Å². The van der Waals surface area contributed by atoms with Gasteiger partial charge in [0.05, 0.1) is 31.3 Å². The predicted octanol–water partition coefficient (Wildman–Crippen LogP) is 7.53. The zero-order valence-corrected chi connectivity index (χ0v) is 24.3. The van der Waals surface area contributed by atoms with E-state index in [1.165, 1.54) is 83.5 Å². The summed E-state index contributed by atoms with van der Waals surface area (Å²) in [6, 6.07) is -0.744. The van der Waals surface area contributed by atoms with Gasteiger partial charge in [0.2, 0.25) is 5.91 Å². The molecule has 0 saturated heterocycles. The van der Waals surface area contributed by atoms with Crippen LogP contribution in [-0.2, 0) is 4.79 Å². The van der Waals surface area contributed by atoms with Crippen molar-refractivity contribution < 1.29 is 20.1 Å². The third-order valence-electron chi connectivity index (χ3n) is 6.98. The van der Waals surface area contributed by atoms with E-state index in [1.54, 1.807) is 6.08 Å². The molecule has 0 bridgehead atoms. The van der Waals surface area contributed by atoms with Crippen LogP contribution < -0.4 is 5.32 Å². The lowest BCUT2D eigenvalue weighted by Crippen LogP contribution is -2.45.